The summed E-state index contributed by atoms with van der Waals surface area (Å²) in [6, 6.07) is 10.7. The summed E-state index contributed by atoms with van der Waals surface area (Å²) in [7, 11) is 0. The second kappa shape index (κ2) is 6.87. The van der Waals surface area contributed by atoms with E-state index in [9.17, 15) is 4.79 Å². The van der Waals surface area contributed by atoms with E-state index in [1.807, 2.05) is 30.2 Å². The Bertz CT molecular complexity index is 1090. The zero-order chi connectivity index (χ0) is 20.0. The third kappa shape index (κ3) is 2.98. The van der Waals surface area contributed by atoms with Gasteiger partial charge in [-0.05, 0) is 56.9 Å². The van der Waals surface area contributed by atoms with Gasteiger partial charge in [0.05, 0.1) is 11.2 Å². The molecule has 1 N–H and O–H groups in total. The number of urea groups is 1. The van der Waals surface area contributed by atoms with Crippen LogP contribution in [0.4, 0.5) is 4.79 Å². The van der Waals surface area contributed by atoms with Gasteiger partial charge in [-0.15, -0.1) is 0 Å². The van der Waals surface area contributed by atoms with E-state index in [-0.39, 0.29) is 11.4 Å². The van der Waals surface area contributed by atoms with Crippen molar-refractivity contribution in [3.8, 4) is 11.3 Å². The van der Waals surface area contributed by atoms with Crippen LogP contribution in [0.15, 0.2) is 36.5 Å². The van der Waals surface area contributed by atoms with Crippen molar-refractivity contribution < 1.29 is 4.79 Å². The quantitative estimate of drug-likeness (QED) is 0.724. The van der Waals surface area contributed by atoms with E-state index in [0.717, 1.165) is 55.7 Å². The van der Waals surface area contributed by atoms with Gasteiger partial charge in [0.15, 0.2) is 0 Å². The van der Waals surface area contributed by atoms with Crippen molar-refractivity contribution in [1.29, 1.82) is 0 Å². The lowest BCUT2D eigenvalue weighted by atomic mass is 9.77. The van der Waals surface area contributed by atoms with Crippen LogP contribution in [0, 0.1) is 6.92 Å². The van der Waals surface area contributed by atoms with Crippen LogP contribution in [0.3, 0.4) is 0 Å². The zero-order valence-corrected chi connectivity index (χ0v) is 17.1. The highest BCUT2D eigenvalue weighted by Gasteiger charge is 2.45. The SMILES string of the molecule is CCNC(=O)N1CCC2(CCCn3nc(-c4cnc5cccc(C)c5c4)cc32)C1. The molecule has 2 amide bonds. The van der Waals surface area contributed by atoms with E-state index >= 15 is 0 Å². The number of carbonyl (C=O) groups is 1. The summed E-state index contributed by atoms with van der Waals surface area (Å²) in [5, 5.41) is 9.06. The van der Waals surface area contributed by atoms with Crippen molar-refractivity contribution >= 4 is 16.9 Å². The lowest BCUT2D eigenvalue weighted by Crippen LogP contribution is -2.42. The van der Waals surface area contributed by atoms with Gasteiger partial charge in [0, 0.05) is 54.4 Å². The normalized spacial score (nSPS) is 21.0. The van der Waals surface area contributed by atoms with E-state index < -0.39 is 0 Å². The Morgan fingerprint density at radius 1 is 1.24 bits per heavy atom. The topological polar surface area (TPSA) is 63.1 Å². The molecule has 0 bridgehead atoms. The predicted molar refractivity (Wildman–Crippen MR) is 114 cm³/mol. The Balaban J connectivity index is 1.51. The number of nitrogens with one attached hydrogen (secondary N) is 1. The van der Waals surface area contributed by atoms with Crippen LogP contribution in [-0.2, 0) is 12.0 Å². The minimum atomic E-state index is 0.0226. The zero-order valence-electron chi connectivity index (χ0n) is 17.1. The Kier molecular flexibility index (Phi) is 4.30. The highest BCUT2D eigenvalue weighted by molar-refractivity contribution is 5.85. The van der Waals surface area contributed by atoms with Crippen LogP contribution in [0.2, 0.25) is 0 Å². The van der Waals surface area contributed by atoms with Gasteiger partial charge >= 0.3 is 6.03 Å². The molecule has 4 heterocycles. The molecular weight excluding hydrogens is 362 g/mol. The molecule has 0 radical (unpaired) electrons. The number of hydrogen-bond donors (Lipinski definition) is 1. The number of rotatable bonds is 2. The van der Waals surface area contributed by atoms with Gasteiger partial charge in [0.25, 0.3) is 0 Å². The van der Waals surface area contributed by atoms with Gasteiger partial charge in [0.2, 0.25) is 0 Å². The molecular formula is C23H27N5O. The molecule has 6 nitrogen and oxygen atoms in total. The fraction of sp³-hybridized carbons (Fsp3) is 0.435. The monoisotopic (exact) mass is 389 g/mol. The van der Waals surface area contributed by atoms with E-state index in [4.69, 9.17) is 5.10 Å². The van der Waals surface area contributed by atoms with E-state index in [0.29, 0.717) is 6.54 Å². The summed E-state index contributed by atoms with van der Waals surface area (Å²) in [6.07, 6.45) is 5.15. The fourth-order valence-electron chi connectivity index (χ4n) is 5.01. The molecule has 2 aliphatic heterocycles. The van der Waals surface area contributed by atoms with Crippen LogP contribution < -0.4 is 5.32 Å². The lowest BCUT2D eigenvalue weighted by Gasteiger charge is -2.34. The fourth-order valence-corrected chi connectivity index (χ4v) is 5.01. The summed E-state index contributed by atoms with van der Waals surface area (Å²) in [6.45, 7) is 7.28. The molecule has 1 atom stereocenters. The van der Waals surface area contributed by atoms with Gasteiger partial charge in [-0.2, -0.15) is 5.10 Å². The van der Waals surface area contributed by atoms with Crippen LogP contribution in [0.5, 0.6) is 0 Å². The van der Waals surface area contributed by atoms with Crippen molar-refractivity contribution in [1.82, 2.24) is 25.0 Å². The number of aryl methyl sites for hydroxylation is 2. The molecule has 5 rings (SSSR count). The number of fused-ring (bicyclic) bond motifs is 3. The molecule has 29 heavy (non-hydrogen) atoms. The van der Waals surface area contributed by atoms with E-state index in [1.165, 1.54) is 16.6 Å². The Hall–Kier alpha value is -2.89. The highest BCUT2D eigenvalue weighted by Crippen LogP contribution is 2.43. The molecule has 6 heteroatoms. The lowest BCUT2D eigenvalue weighted by molar-refractivity contribution is 0.203. The maximum Gasteiger partial charge on any atom is 0.317 e. The van der Waals surface area contributed by atoms with Gasteiger partial charge in [-0.25, -0.2) is 4.79 Å². The number of pyridine rings is 1. The van der Waals surface area contributed by atoms with Crippen molar-refractivity contribution in [2.75, 3.05) is 19.6 Å². The largest absolute Gasteiger partial charge is 0.338 e. The molecule has 1 unspecified atom stereocenters. The first-order valence-corrected chi connectivity index (χ1v) is 10.6. The number of hydrogen-bond acceptors (Lipinski definition) is 3. The molecule has 1 spiro atoms. The third-order valence-electron chi connectivity index (χ3n) is 6.56. The summed E-state index contributed by atoms with van der Waals surface area (Å²) in [5.74, 6) is 0. The van der Waals surface area contributed by atoms with Crippen LogP contribution in [-0.4, -0.2) is 45.3 Å². The summed E-state index contributed by atoms with van der Waals surface area (Å²) in [5.41, 5.74) is 5.58. The summed E-state index contributed by atoms with van der Waals surface area (Å²) < 4.78 is 2.17. The number of amides is 2. The average Bonchev–Trinajstić information content (AvgIpc) is 3.35. The minimum Gasteiger partial charge on any atom is -0.338 e. The molecule has 0 aliphatic carbocycles. The van der Waals surface area contributed by atoms with Crippen molar-refractivity contribution in [3.05, 3.63) is 47.8 Å². The predicted octanol–water partition coefficient (Wildman–Crippen LogP) is 3.87. The van der Waals surface area contributed by atoms with Crippen LogP contribution >= 0.6 is 0 Å². The Labute approximate surface area is 170 Å². The van der Waals surface area contributed by atoms with Crippen LogP contribution in [0.1, 0.15) is 37.4 Å². The second-order valence-corrected chi connectivity index (χ2v) is 8.39. The van der Waals surface area contributed by atoms with Crippen molar-refractivity contribution in [2.24, 2.45) is 0 Å². The number of benzene rings is 1. The number of nitrogens with zero attached hydrogens (tertiary/aromatic N) is 4. The van der Waals surface area contributed by atoms with Gasteiger partial charge in [-0.1, -0.05) is 12.1 Å². The maximum atomic E-state index is 12.4. The van der Waals surface area contributed by atoms with E-state index in [1.54, 1.807) is 0 Å². The first kappa shape index (κ1) is 18.2. The van der Waals surface area contributed by atoms with Crippen molar-refractivity contribution in [2.45, 2.75) is 45.1 Å². The minimum absolute atomic E-state index is 0.0226. The summed E-state index contributed by atoms with van der Waals surface area (Å²) >= 11 is 0. The average molecular weight is 390 g/mol. The molecule has 2 aromatic heterocycles. The summed E-state index contributed by atoms with van der Waals surface area (Å²) in [4.78, 5) is 19.0. The molecule has 150 valence electrons. The third-order valence-corrected chi connectivity index (χ3v) is 6.56. The molecule has 1 aromatic carbocycles. The first-order chi connectivity index (χ1) is 14.1. The number of aromatic nitrogens is 3. The smallest absolute Gasteiger partial charge is 0.317 e. The Morgan fingerprint density at radius 3 is 3.00 bits per heavy atom. The molecule has 1 saturated heterocycles. The van der Waals surface area contributed by atoms with Crippen molar-refractivity contribution in [3.63, 3.8) is 0 Å². The molecule has 0 saturated carbocycles. The molecule has 1 fully saturated rings. The van der Waals surface area contributed by atoms with Gasteiger partial charge < -0.3 is 10.2 Å². The number of likely N-dealkylation sites (tertiary alicyclic amines) is 1. The standard InChI is InChI=1S/C23H27N5O/c1-3-24-22(29)27-11-9-23(15-27)8-5-10-28-21(23)13-20(26-28)17-12-18-16(2)6-4-7-19(18)25-14-17/h4,6-7,12-14H,3,5,8-11,15H2,1-2H3,(H,24,29). The highest BCUT2D eigenvalue weighted by atomic mass is 16.2. The van der Waals surface area contributed by atoms with E-state index in [2.05, 4.69) is 40.1 Å². The first-order valence-electron chi connectivity index (χ1n) is 10.6. The molecule has 3 aromatic rings. The molecule has 2 aliphatic rings. The maximum absolute atomic E-state index is 12.4. The van der Waals surface area contributed by atoms with Crippen LogP contribution in [0.25, 0.3) is 22.2 Å². The van der Waals surface area contributed by atoms with Gasteiger partial charge in [0.1, 0.15) is 0 Å². The Morgan fingerprint density at radius 2 is 2.14 bits per heavy atom. The second-order valence-electron chi connectivity index (χ2n) is 8.39. The van der Waals surface area contributed by atoms with Gasteiger partial charge in [-0.3, -0.25) is 9.67 Å². The number of carbonyl (C=O) groups excluding carboxylic acids is 1.